The van der Waals surface area contributed by atoms with Crippen molar-refractivity contribution in [2.75, 3.05) is 19.8 Å². The maximum absolute atomic E-state index is 11.6. The van der Waals surface area contributed by atoms with E-state index in [1.165, 1.54) is 18.2 Å². The smallest absolute Gasteiger partial charge is 0.434 e. The quantitative estimate of drug-likeness (QED) is 0.437. The molecule has 0 radical (unpaired) electrons. The summed E-state index contributed by atoms with van der Waals surface area (Å²) in [4.78, 5) is 34.5. The van der Waals surface area contributed by atoms with Crippen molar-refractivity contribution >= 4 is 18.5 Å². The number of benzene rings is 1. The number of hydrogen-bond donors (Lipinski definition) is 0. The first kappa shape index (κ1) is 19.1. The van der Waals surface area contributed by atoms with Crippen LogP contribution in [-0.4, -0.2) is 38.3 Å². The van der Waals surface area contributed by atoms with Gasteiger partial charge < -0.3 is 28.4 Å². The topological polar surface area (TPSA) is 107 Å². The van der Waals surface area contributed by atoms with E-state index in [0.29, 0.717) is 0 Å². The normalized spacial score (nSPS) is 9.62. The van der Waals surface area contributed by atoms with Gasteiger partial charge in [0.25, 0.3) is 0 Å². The summed E-state index contributed by atoms with van der Waals surface area (Å²) >= 11 is 0. The van der Waals surface area contributed by atoms with Crippen LogP contribution in [0.2, 0.25) is 0 Å². The van der Waals surface area contributed by atoms with Crippen molar-refractivity contribution in [1.82, 2.24) is 0 Å². The molecule has 1 aromatic carbocycles. The summed E-state index contributed by atoms with van der Waals surface area (Å²) in [6.45, 7) is 5.01. The van der Waals surface area contributed by atoms with E-state index >= 15 is 0 Å². The molecular formula is C15H18O9. The van der Waals surface area contributed by atoms with E-state index in [1.54, 1.807) is 20.8 Å². The first-order valence-electron chi connectivity index (χ1n) is 7.18. The molecule has 0 aliphatic rings. The molecule has 0 amide bonds. The molecule has 0 bridgehead atoms. The van der Waals surface area contributed by atoms with Crippen LogP contribution in [-0.2, 0) is 14.2 Å². The monoisotopic (exact) mass is 342 g/mol. The summed E-state index contributed by atoms with van der Waals surface area (Å²) < 4.78 is 28.7. The lowest BCUT2D eigenvalue weighted by Crippen LogP contribution is -2.16. The van der Waals surface area contributed by atoms with Crippen molar-refractivity contribution in [3.05, 3.63) is 18.2 Å². The molecule has 0 saturated carbocycles. The lowest BCUT2D eigenvalue weighted by atomic mass is 10.3. The third-order valence-electron chi connectivity index (χ3n) is 2.30. The summed E-state index contributed by atoms with van der Waals surface area (Å²) in [6, 6.07) is 4.06. The van der Waals surface area contributed by atoms with E-state index < -0.39 is 18.5 Å². The van der Waals surface area contributed by atoms with Crippen LogP contribution in [0.3, 0.4) is 0 Å². The Balaban J connectivity index is 3.09. The van der Waals surface area contributed by atoms with Gasteiger partial charge in [0, 0.05) is 0 Å². The van der Waals surface area contributed by atoms with Crippen LogP contribution < -0.4 is 14.2 Å². The summed E-state index contributed by atoms with van der Waals surface area (Å²) in [6.07, 6.45) is -3.09. The molecule has 0 atom stereocenters. The molecule has 9 nitrogen and oxygen atoms in total. The van der Waals surface area contributed by atoms with Crippen LogP contribution in [0.15, 0.2) is 18.2 Å². The van der Waals surface area contributed by atoms with Crippen LogP contribution in [0, 0.1) is 0 Å². The fourth-order valence-corrected chi connectivity index (χ4v) is 1.46. The van der Waals surface area contributed by atoms with Crippen LogP contribution in [0.1, 0.15) is 20.8 Å². The maximum atomic E-state index is 11.6. The second-order valence-corrected chi connectivity index (χ2v) is 3.94. The van der Waals surface area contributed by atoms with Gasteiger partial charge in [-0.3, -0.25) is 0 Å². The Bertz CT molecular complexity index is 544. The lowest BCUT2D eigenvalue weighted by molar-refractivity contribution is 0.0887. The zero-order valence-electron chi connectivity index (χ0n) is 13.5. The molecular weight excluding hydrogens is 324 g/mol. The van der Waals surface area contributed by atoms with Gasteiger partial charge in [0.15, 0.2) is 11.5 Å². The summed E-state index contributed by atoms with van der Waals surface area (Å²) in [5.74, 6) is -0.705. The molecule has 1 aromatic rings. The minimum Gasteiger partial charge on any atom is -0.434 e. The van der Waals surface area contributed by atoms with Crippen molar-refractivity contribution in [3.63, 3.8) is 0 Å². The summed E-state index contributed by atoms with van der Waals surface area (Å²) in [5.41, 5.74) is 0. The van der Waals surface area contributed by atoms with Gasteiger partial charge in [-0.1, -0.05) is 6.07 Å². The predicted octanol–water partition coefficient (Wildman–Crippen LogP) is 3.29. The summed E-state index contributed by atoms with van der Waals surface area (Å²) in [7, 11) is 0. The van der Waals surface area contributed by atoms with Crippen molar-refractivity contribution in [2.45, 2.75) is 20.8 Å². The number of para-hydroxylation sites is 1. The Hall–Kier alpha value is -2.97. The highest BCUT2D eigenvalue weighted by atomic mass is 16.8. The minimum absolute atomic E-state index is 0.0633. The van der Waals surface area contributed by atoms with E-state index in [9.17, 15) is 14.4 Å². The summed E-state index contributed by atoms with van der Waals surface area (Å²) in [5, 5.41) is 0. The molecule has 0 spiro atoms. The zero-order chi connectivity index (χ0) is 17.9. The molecule has 1 rings (SSSR count). The Labute approximate surface area is 138 Å². The van der Waals surface area contributed by atoms with Crippen molar-refractivity contribution in [3.8, 4) is 17.2 Å². The van der Waals surface area contributed by atoms with Crippen molar-refractivity contribution in [2.24, 2.45) is 0 Å². The van der Waals surface area contributed by atoms with E-state index in [4.69, 9.17) is 14.2 Å². The van der Waals surface area contributed by atoms with Crippen molar-refractivity contribution < 1.29 is 42.8 Å². The highest BCUT2D eigenvalue weighted by Crippen LogP contribution is 2.38. The lowest BCUT2D eigenvalue weighted by Gasteiger charge is -2.13. The molecule has 0 aliphatic carbocycles. The van der Waals surface area contributed by atoms with Gasteiger partial charge >= 0.3 is 18.5 Å². The minimum atomic E-state index is -1.06. The molecule has 0 aromatic heterocycles. The molecule has 0 unspecified atom stereocenters. The molecule has 9 heteroatoms. The number of ether oxygens (including phenoxy) is 6. The first-order chi connectivity index (χ1) is 11.5. The predicted molar refractivity (Wildman–Crippen MR) is 79.4 cm³/mol. The van der Waals surface area contributed by atoms with Crippen LogP contribution >= 0.6 is 0 Å². The van der Waals surface area contributed by atoms with Gasteiger partial charge in [-0.25, -0.2) is 14.4 Å². The van der Waals surface area contributed by atoms with Crippen LogP contribution in [0.5, 0.6) is 17.2 Å². The van der Waals surface area contributed by atoms with Crippen LogP contribution in [0.4, 0.5) is 14.4 Å². The van der Waals surface area contributed by atoms with Gasteiger partial charge in [-0.2, -0.15) is 0 Å². The fraction of sp³-hybridized carbons (Fsp3) is 0.400. The highest BCUT2D eigenvalue weighted by molar-refractivity contribution is 5.73. The van der Waals surface area contributed by atoms with E-state index in [2.05, 4.69) is 14.2 Å². The van der Waals surface area contributed by atoms with E-state index in [1.807, 2.05) is 0 Å². The SMILES string of the molecule is CCOC(=O)Oc1cccc(OC(=O)OCC)c1OC(=O)OCC. The van der Waals surface area contributed by atoms with Gasteiger partial charge in [0.2, 0.25) is 5.75 Å². The average molecular weight is 342 g/mol. The zero-order valence-corrected chi connectivity index (χ0v) is 13.5. The standard InChI is InChI=1S/C15H18O9/c1-4-19-13(16)22-10-8-7-9-11(23-14(17)20-5-2)12(10)24-15(18)21-6-3/h7-9H,4-6H2,1-3H3. The van der Waals surface area contributed by atoms with Crippen molar-refractivity contribution in [1.29, 1.82) is 0 Å². The Morgan fingerprint density at radius 1 is 0.708 bits per heavy atom. The van der Waals surface area contributed by atoms with E-state index in [-0.39, 0.29) is 37.1 Å². The third kappa shape index (κ3) is 6.03. The third-order valence-corrected chi connectivity index (χ3v) is 2.30. The van der Waals surface area contributed by atoms with Crippen LogP contribution in [0.25, 0.3) is 0 Å². The molecule has 132 valence electrons. The fourth-order valence-electron chi connectivity index (χ4n) is 1.46. The number of hydrogen-bond acceptors (Lipinski definition) is 9. The number of rotatable bonds is 6. The van der Waals surface area contributed by atoms with Gasteiger partial charge in [-0.15, -0.1) is 0 Å². The highest BCUT2D eigenvalue weighted by Gasteiger charge is 2.22. The van der Waals surface area contributed by atoms with Gasteiger partial charge in [0.1, 0.15) is 0 Å². The Morgan fingerprint density at radius 2 is 1.08 bits per heavy atom. The number of carbonyl (C=O) groups excluding carboxylic acids is 3. The molecule has 0 fully saturated rings. The maximum Gasteiger partial charge on any atom is 0.514 e. The molecule has 24 heavy (non-hydrogen) atoms. The largest absolute Gasteiger partial charge is 0.514 e. The second kappa shape index (κ2) is 9.93. The Morgan fingerprint density at radius 3 is 1.46 bits per heavy atom. The number of carbonyl (C=O) groups is 3. The molecule has 0 saturated heterocycles. The second-order valence-electron chi connectivity index (χ2n) is 3.94. The first-order valence-corrected chi connectivity index (χ1v) is 7.18. The van der Waals surface area contributed by atoms with Gasteiger partial charge in [0.05, 0.1) is 19.8 Å². The molecule has 0 aliphatic heterocycles. The Kier molecular flexibility index (Phi) is 7.89. The average Bonchev–Trinajstić information content (AvgIpc) is 2.51. The molecule has 0 heterocycles. The molecule has 0 N–H and O–H groups in total. The van der Waals surface area contributed by atoms with E-state index in [0.717, 1.165) is 0 Å². The van der Waals surface area contributed by atoms with Gasteiger partial charge in [-0.05, 0) is 32.9 Å².